The van der Waals surface area contributed by atoms with Crippen LogP contribution in [0, 0.1) is 0 Å². The van der Waals surface area contributed by atoms with E-state index >= 15 is 0 Å². The van der Waals surface area contributed by atoms with Crippen molar-refractivity contribution in [2.24, 2.45) is 0 Å². The third-order valence-corrected chi connectivity index (χ3v) is 10.9. The zero-order chi connectivity index (χ0) is 33.7. The van der Waals surface area contributed by atoms with Gasteiger partial charge in [-0.05, 0) is 62.0 Å². The van der Waals surface area contributed by atoms with Gasteiger partial charge in [0.2, 0.25) is 0 Å². The van der Waals surface area contributed by atoms with Crippen molar-refractivity contribution in [3.63, 3.8) is 0 Å². The molecule has 0 unspecified atom stereocenters. The molecule has 8 aromatic carbocycles. The van der Waals surface area contributed by atoms with Gasteiger partial charge in [0.1, 0.15) is 0 Å². The number of nitrogens with zero attached hydrogens (tertiary/aromatic N) is 3. The number of hydrogen-bond acceptors (Lipinski definition) is 4. The molecule has 2 aromatic heterocycles. The van der Waals surface area contributed by atoms with Crippen LogP contribution in [0.15, 0.2) is 176 Å². The highest BCUT2D eigenvalue weighted by Gasteiger charge is 2.18. The summed E-state index contributed by atoms with van der Waals surface area (Å²) in [5.74, 6) is 1.97. The molecule has 51 heavy (non-hydrogen) atoms. The molecule has 0 saturated carbocycles. The molecule has 0 saturated heterocycles. The molecule has 0 amide bonds. The summed E-state index contributed by atoms with van der Waals surface area (Å²) in [6.45, 7) is 0. The van der Waals surface area contributed by atoms with Crippen molar-refractivity contribution in [1.29, 1.82) is 0 Å². The summed E-state index contributed by atoms with van der Waals surface area (Å²) in [5, 5.41) is 7.41. The van der Waals surface area contributed by atoms with Crippen molar-refractivity contribution >= 4 is 53.1 Å². The van der Waals surface area contributed by atoms with Crippen LogP contribution in [0.4, 0.5) is 0 Å². The van der Waals surface area contributed by atoms with Gasteiger partial charge in [-0.1, -0.05) is 158 Å². The van der Waals surface area contributed by atoms with E-state index in [4.69, 9.17) is 15.0 Å². The molecule has 0 bridgehead atoms. The SMILES string of the molecule is c1ccc(-c2nc(-c3cccc(-c4ccc(-c5ccc6ccccc6c5)cc4)c3)nc(-c3cccc4sc5c6ccccc6ccc5c34)n2)cc1. The second-order valence-electron chi connectivity index (χ2n) is 12.8. The normalized spacial score (nSPS) is 11.5. The molecule has 0 aliphatic carbocycles. The molecule has 4 heteroatoms. The Hall–Kier alpha value is -6.49. The first kappa shape index (κ1) is 29.4. The fourth-order valence-electron chi connectivity index (χ4n) is 7.14. The average Bonchev–Trinajstić information content (AvgIpc) is 3.61. The molecular formula is C47H29N3S. The molecule has 2 heterocycles. The van der Waals surface area contributed by atoms with Gasteiger partial charge in [-0.15, -0.1) is 11.3 Å². The average molecular weight is 668 g/mol. The quantitative estimate of drug-likeness (QED) is 0.183. The zero-order valence-corrected chi connectivity index (χ0v) is 28.3. The molecule has 0 aliphatic rings. The summed E-state index contributed by atoms with van der Waals surface area (Å²) in [6.07, 6.45) is 0. The molecule has 10 aromatic rings. The van der Waals surface area contributed by atoms with Crippen LogP contribution in [-0.2, 0) is 0 Å². The van der Waals surface area contributed by atoms with E-state index in [-0.39, 0.29) is 0 Å². The molecule has 0 fully saturated rings. The summed E-state index contributed by atoms with van der Waals surface area (Å²) >= 11 is 1.83. The summed E-state index contributed by atoms with van der Waals surface area (Å²) in [6, 6.07) is 62.2. The number of benzene rings is 8. The smallest absolute Gasteiger partial charge is 0.164 e. The van der Waals surface area contributed by atoms with Crippen LogP contribution < -0.4 is 0 Å². The van der Waals surface area contributed by atoms with Crippen molar-refractivity contribution in [2.45, 2.75) is 0 Å². The minimum atomic E-state index is 0.649. The Balaban J connectivity index is 1.09. The van der Waals surface area contributed by atoms with Crippen LogP contribution >= 0.6 is 11.3 Å². The van der Waals surface area contributed by atoms with Crippen LogP contribution in [0.3, 0.4) is 0 Å². The number of rotatable bonds is 5. The molecule has 0 spiro atoms. The number of hydrogen-bond donors (Lipinski definition) is 0. The van der Waals surface area contributed by atoms with Gasteiger partial charge in [0, 0.05) is 36.9 Å². The predicted octanol–water partition coefficient (Wildman–Crippen LogP) is 12.9. The van der Waals surface area contributed by atoms with Crippen LogP contribution in [0.5, 0.6) is 0 Å². The molecule has 238 valence electrons. The minimum Gasteiger partial charge on any atom is -0.208 e. The largest absolute Gasteiger partial charge is 0.208 e. The molecule has 0 N–H and O–H groups in total. The van der Waals surface area contributed by atoms with E-state index in [2.05, 4.69) is 158 Å². The lowest BCUT2D eigenvalue weighted by Gasteiger charge is -2.11. The first-order valence-electron chi connectivity index (χ1n) is 17.1. The maximum absolute atomic E-state index is 5.19. The number of fused-ring (bicyclic) bond motifs is 6. The van der Waals surface area contributed by atoms with E-state index in [1.54, 1.807) is 0 Å². The lowest BCUT2D eigenvalue weighted by molar-refractivity contribution is 1.08. The fraction of sp³-hybridized carbons (Fsp3) is 0. The van der Waals surface area contributed by atoms with Crippen molar-refractivity contribution in [1.82, 2.24) is 15.0 Å². The van der Waals surface area contributed by atoms with Crippen molar-refractivity contribution in [3.05, 3.63) is 176 Å². The molecule has 0 aliphatic heterocycles. The molecular weight excluding hydrogens is 639 g/mol. The fourth-order valence-corrected chi connectivity index (χ4v) is 8.41. The van der Waals surface area contributed by atoms with Gasteiger partial charge >= 0.3 is 0 Å². The van der Waals surface area contributed by atoms with Gasteiger partial charge < -0.3 is 0 Å². The van der Waals surface area contributed by atoms with Crippen molar-refractivity contribution < 1.29 is 0 Å². The highest BCUT2D eigenvalue weighted by atomic mass is 32.1. The highest BCUT2D eigenvalue weighted by Crippen LogP contribution is 2.42. The Bertz CT molecular complexity index is 2910. The van der Waals surface area contributed by atoms with E-state index in [1.807, 2.05) is 29.5 Å². The maximum atomic E-state index is 5.19. The van der Waals surface area contributed by atoms with Crippen LogP contribution in [0.25, 0.3) is 98.1 Å². The first-order chi connectivity index (χ1) is 25.2. The molecule has 0 atom stereocenters. The van der Waals surface area contributed by atoms with Crippen molar-refractivity contribution in [3.8, 4) is 56.4 Å². The van der Waals surface area contributed by atoms with E-state index in [1.165, 1.54) is 52.8 Å². The third-order valence-electron chi connectivity index (χ3n) is 9.72. The van der Waals surface area contributed by atoms with Gasteiger partial charge in [-0.25, -0.2) is 15.0 Å². The topological polar surface area (TPSA) is 38.7 Å². The van der Waals surface area contributed by atoms with E-state index in [0.717, 1.165) is 27.8 Å². The second kappa shape index (κ2) is 12.1. The summed E-state index contributed by atoms with van der Waals surface area (Å²) in [5.41, 5.74) is 7.56. The van der Waals surface area contributed by atoms with Gasteiger partial charge in [0.05, 0.1) is 0 Å². The lowest BCUT2D eigenvalue weighted by atomic mass is 9.97. The monoisotopic (exact) mass is 667 g/mol. The summed E-state index contributed by atoms with van der Waals surface area (Å²) in [4.78, 5) is 15.4. The van der Waals surface area contributed by atoms with Gasteiger partial charge in [-0.3, -0.25) is 0 Å². The maximum Gasteiger partial charge on any atom is 0.164 e. The van der Waals surface area contributed by atoms with Crippen LogP contribution in [0.2, 0.25) is 0 Å². The predicted molar refractivity (Wildman–Crippen MR) is 215 cm³/mol. The summed E-state index contributed by atoms with van der Waals surface area (Å²) < 4.78 is 2.50. The second-order valence-corrected chi connectivity index (χ2v) is 13.9. The van der Waals surface area contributed by atoms with E-state index in [0.29, 0.717) is 17.5 Å². The van der Waals surface area contributed by atoms with Crippen LogP contribution in [-0.4, -0.2) is 15.0 Å². The number of thiophene rings is 1. The highest BCUT2D eigenvalue weighted by molar-refractivity contribution is 7.26. The Labute approximate surface area is 299 Å². The Kier molecular flexibility index (Phi) is 7.00. The molecule has 3 nitrogen and oxygen atoms in total. The van der Waals surface area contributed by atoms with Crippen LogP contribution in [0.1, 0.15) is 0 Å². The third kappa shape index (κ3) is 5.25. The van der Waals surface area contributed by atoms with Gasteiger partial charge in [0.15, 0.2) is 17.5 Å². The van der Waals surface area contributed by atoms with E-state index < -0.39 is 0 Å². The zero-order valence-electron chi connectivity index (χ0n) is 27.5. The minimum absolute atomic E-state index is 0.649. The Morgan fingerprint density at radius 3 is 1.75 bits per heavy atom. The Morgan fingerprint density at radius 1 is 0.333 bits per heavy atom. The summed E-state index contributed by atoms with van der Waals surface area (Å²) in [7, 11) is 0. The molecule has 0 radical (unpaired) electrons. The van der Waals surface area contributed by atoms with E-state index in [9.17, 15) is 0 Å². The van der Waals surface area contributed by atoms with Crippen molar-refractivity contribution in [2.75, 3.05) is 0 Å². The Morgan fingerprint density at radius 2 is 0.922 bits per heavy atom. The lowest BCUT2D eigenvalue weighted by Crippen LogP contribution is -2.00. The molecule has 10 rings (SSSR count). The number of aromatic nitrogens is 3. The standard InChI is InChI=1S/C47H29N3S/c1-2-12-34(13-3-1)45-48-46(50-47(49-45)41-18-9-19-42-43(41)40-27-26-33-11-6-7-17-39(33)44(40)51-42)38-16-8-15-36(29-38)31-20-22-32(23-21-31)37-25-24-30-10-4-5-14-35(30)28-37/h1-29H. The van der Waals surface area contributed by atoms with Gasteiger partial charge in [-0.2, -0.15) is 0 Å². The first-order valence-corrected chi connectivity index (χ1v) is 17.9. The van der Waals surface area contributed by atoms with Gasteiger partial charge in [0.25, 0.3) is 0 Å².